The maximum atomic E-state index is 12.5. The first-order chi connectivity index (χ1) is 9.34. The minimum Gasteiger partial charge on any atom is -0.359 e. The second-order valence-corrected chi connectivity index (χ2v) is 6.48. The summed E-state index contributed by atoms with van der Waals surface area (Å²) in [7, 11) is 0. The smallest absolute Gasteiger partial charge is 0.344 e. The normalized spacial score (nSPS) is 29.8. The van der Waals surface area contributed by atoms with Gasteiger partial charge in [-0.2, -0.15) is 5.01 Å². The van der Waals surface area contributed by atoms with Crippen molar-refractivity contribution in [1.82, 2.24) is 21.1 Å². The van der Waals surface area contributed by atoms with Crippen LogP contribution in [0.5, 0.6) is 0 Å². The number of nitrogens with one attached hydrogen (secondary N) is 3. The number of urea groups is 1. The van der Waals surface area contributed by atoms with Gasteiger partial charge in [0.1, 0.15) is 5.54 Å². The molecule has 1 saturated heterocycles. The number of amides is 3. The fourth-order valence-electron chi connectivity index (χ4n) is 2.71. The largest absolute Gasteiger partial charge is 0.359 e. The molecule has 112 valence electrons. The summed E-state index contributed by atoms with van der Waals surface area (Å²) >= 11 is 5.09. The molecule has 6 nitrogen and oxygen atoms in total. The highest BCUT2D eigenvalue weighted by Gasteiger charge is 2.52. The molecule has 0 aromatic heterocycles. The van der Waals surface area contributed by atoms with Gasteiger partial charge >= 0.3 is 6.03 Å². The Bertz CT molecular complexity index is 430. The first kappa shape index (κ1) is 15.0. The average Bonchev–Trinajstić information content (AvgIpc) is 2.57. The molecule has 2 rings (SSSR count). The third-order valence-corrected chi connectivity index (χ3v) is 4.13. The van der Waals surface area contributed by atoms with Crippen LogP contribution in [0, 0.1) is 5.92 Å². The van der Waals surface area contributed by atoms with Gasteiger partial charge in [-0.05, 0) is 57.7 Å². The molecule has 0 atom stereocenters. The van der Waals surface area contributed by atoms with Gasteiger partial charge in [-0.3, -0.25) is 10.2 Å². The van der Waals surface area contributed by atoms with E-state index in [0.717, 1.165) is 17.9 Å². The van der Waals surface area contributed by atoms with E-state index in [9.17, 15) is 9.59 Å². The van der Waals surface area contributed by atoms with Crippen LogP contribution in [0.2, 0.25) is 0 Å². The lowest BCUT2D eigenvalue weighted by Gasteiger charge is -2.33. The molecule has 2 aliphatic rings. The van der Waals surface area contributed by atoms with Crippen molar-refractivity contribution < 1.29 is 9.59 Å². The summed E-state index contributed by atoms with van der Waals surface area (Å²) in [6.07, 6.45) is 3.30. The van der Waals surface area contributed by atoms with Crippen LogP contribution in [0.15, 0.2) is 0 Å². The Morgan fingerprint density at radius 3 is 2.55 bits per heavy atom. The fourth-order valence-corrected chi connectivity index (χ4v) is 3.04. The molecule has 3 N–H and O–H groups in total. The first-order valence-corrected chi connectivity index (χ1v) is 7.49. The van der Waals surface area contributed by atoms with E-state index in [4.69, 9.17) is 12.2 Å². The van der Waals surface area contributed by atoms with E-state index >= 15 is 0 Å². The van der Waals surface area contributed by atoms with Crippen molar-refractivity contribution in [3.63, 3.8) is 0 Å². The summed E-state index contributed by atoms with van der Waals surface area (Å²) in [6, 6.07) is -0.280. The highest BCUT2D eigenvalue weighted by atomic mass is 32.1. The van der Waals surface area contributed by atoms with Gasteiger partial charge in [-0.25, -0.2) is 4.79 Å². The van der Waals surface area contributed by atoms with E-state index in [1.807, 2.05) is 13.8 Å². The zero-order valence-corrected chi connectivity index (χ0v) is 13.0. The number of thiocarbonyl (C=S) groups is 1. The third kappa shape index (κ3) is 2.87. The molecular formula is C13H22N4O2S. The number of imide groups is 1. The number of carbonyl (C=O) groups excluding carboxylic acids is 2. The molecule has 1 aliphatic carbocycles. The second-order valence-electron chi connectivity index (χ2n) is 6.08. The lowest BCUT2D eigenvalue weighted by molar-refractivity contribution is -0.133. The van der Waals surface area contributed by atoms with E-state index in [0.29, 0.717) is 18.8 Å². The molecule has 1 saturated carbocycles. The fraction of sp³-hybridized carbons (Fsp3) is 0.769. The highest BCUT2D eigenvalue weighted by molar-refractivity contribution is 7.80. The maximum Gasteiger partial charge on any atom is 0.344 e. The Morgan fingerprint density at radius 2 is 2.00 bits per heavy atom. The summed E-state index contributed by atoms with van der Waals surface area (Å²) in [6.45, 7) is 6.04. The molecule has 7 heteroatoms. The molecular weight excluding hydrogens is 276 g/mol. The monoisotopic (exact) mass is 298 g/mol. The zero-order valence-electron chi connectivity index (χ0n) is 12.2. The summed E-state index contributed by atoms with van der Waals surface area (Å²) < 4.78 is 0. The predicted octanol–water partition coefficient (Wildman–Crippen LogP) is 1.27. The Kier molecular flexibility index (Phi) is 4.17. The van der Waals surface area contributed by atoms with Crippen molar-refractivity contribution in [2.75, 3.05) is 0 Å². The van der Waals surface area contributed by atoms with Crippen LogP contribution < -0.4 is 16.1 Å². The van der Waals surface area contributed by atoms with Crippen LogP contribution in [0.3, 0.4) is 0 Å². The second kappa shape index (κ2) is 5.55. The van der Waals surface area contributed by atoms with Crippen LogP contribution in [-0.4, -0.2) is 33.6 Å². The lowest BCUT2D eigenvalue weighted by atomic mass is 9.77. The van der Waals surface area contributed by atoms with Gasteiger partial charge in [0.2, 0.25) is 0 Å². The molecule has 1 spiro atoms. The van der Waals surface area contributed by atoms with Gasteiger partial charge in [0, 0.05) is 6.04 Å². The number of hydrogen-bond acceptors (Lipinski definition) is 3. The topological polar surface area (TPSA) is 73.5 Å². The van der Waals surface area contributed by atoms with Crippen molar-refractivity contribution in [3.05, 3.63) is 0 Å². The Morgan fingerprint density at radius 1 is 1.40 bits per heavy atom. The quantitative estimate of drug-likeness (QED) is 0.529. The Labute approximate surface area is 124 Å². The number of carbonyl (C=O) groups is 2. The third-order valence-electron chi connectivity index (χ3n) is 3.92. The van der Waals surface area contributed by atoms with Crippen LogP contribution >= 0.6 is 12.2 Å². The Hall–Kier alpha value is -1.37. The summed E-state index contributed by atoms with van der Waals surface area (Å²) in [5.41, 5.74) is 1.95. The maximum absolute atomic E-state index is 12.5. The molecule has 0 unspecified atom stereocenters. The minimum atomic E-state index is -0.732. The Balaban J connectivity index is 2.04. The van der Waals surface area contributed by atoms with Crippen molar-refractivity contribution in [1.29, 1.82) is 0 Å². The van der Waals surface area contributed by atoms with Gasteiger partial charge in [-0.15, -0.1) is 0 Å². The minimum absolute atomic E-state index is 0.139. The highest BCUT2D eigenvalue weighted by Crippen LogP contribution is 2.35. The SMILES string of the molecule is CC1CCC2(CC1)NC(=O)N(NC(=S)NC(C)C)C2=O. The summed E-state index contributed by atoms with van der Waals surface area (Å²) in [4.78, 5) is 24.5. The first-order valence-electron chi connectivity index (χ1n) is 7.08. The van der Waals surface area contributed by atoms with Gasteiger partial charge in [-0.1, -0.05) is 6.92 Å². The molecule has 0 bridgehead atoms. The number of hydrazine groups is 1. The molecule has 0 aromatic rings. The number of rotatable bonds is 2. The van der Waals surface area contributed by atoms with Crippen LogP contribution in [0.4, 0.5) is 4.79 Å². The van der Waals surface area contributed by atoms with E-state index < -0.39 is 11.6 Å². The van der Waals surface area contributed by atoms with Gasteiger partial charge < -0.3 is 10.6 Å². The summed E-state index contributed by atoms with van der Waals surface area (Å²) in [5, 5.41) is 7.08. The molecule has 1 heterocycles. The van der Waals surface area contributed by atoms with Crippen molar-refractivity contribution in [2.45, 2.75) is 58.0 Å². The van der Waals surface area contributed by atoms with E-state index in [-0.39, 0.29) is 17.1 Å². The van der Waals surface area contributed by atoms with E-state index in [1.165, 1.54) is 0 Å². The van der Waals surface area contributed by atoms with Gasteiger partial charge in [0.05, 0.1) is 0 Å². The van der Waals surface area contributed by atoms with Crippen molar-refractivity contribution >= 4 is 29.3 Å². The molecule has 3 amide bonds. The van der Waals surface area contributed by atoms with Crippen LogP contribution in [0.25, 0.3) is 0 Å². The molecule has 1 aliphatic heterocycles. The predicted molar refractivity (Wildman–Crippen MR) is 79.7 cm³/mol. The van der Waals surface area contributed by atoms with E-state index in [1.54, 1.807) is 0 Å². The van der Waals surface area contributed by atoms with Crippen molar-refractivity contribution in [3.8, 4) is 0 Å². The van der Waals surface area contributed by atoms with E-state index in [2.05, 4.69) is 23.0 Å². The molecule has 0 radical (unpaired) electrons. The van der Waals surface area contributed by atoms with Crippen molar-refractivity contribution in [2.24, 2.45) is 5.92 Å². The number of nitrogens with zero attached hydrogens (tertiary/aromatic N) is 1. The van der Waals surface area contributed by atoms with Crippen LogP contribution in [-0.2, 0) is 4.79 Å². The summed E-state index contributed by atoms with van der Waals surface area (Å²) in [5.74, 6) is 0.387. The van der Waals surface area contributed by atoms with Gasteiger partial charge in [0.25, 0.3) is 5.91 Å². The van der Waals surface area contributed by atoms with Gasteiger partial charge in [0.15, 0.2) is 5.11 Å². The molecule has 20 heavy (non-hydrogen) atoms. The number of hydrogen-bond donors (Lipinski definition) is 3. The standard InChI is InChI=1S/C13H22N4O2S/c1-8(2)14-11(20)16-17-10(18)13(15-12(17)19)6-4-9(3)5-7-13/h8-9H,4-7H2,1-3H3,(H,15,19)(H2,14,16,20). The average molecular weight is 298 g/mol. The lowest BCUT2D eigenvalue weighted by Crippen LogP contribution is -2.53. The molecule has 2 fully saturated rings. The zero-order chi connectivity index (χ0) is 14.9. The molecule has 0 aromatic carbocycles. The van der Waals surface area contributed by atoms with Crippen LogP contribution in [0.1, 0.15) is 46.5 Å².